The molecule has 0 aliphatic carbocycles. The lowest BCUT2D eigenvalue weighted by Gasteiger charge is -2.25. The third kappa shape index (κ3) is 3.13. The van der Waals surface area contributed by atoms with Gasteiger partial charge in [0, 0.05) is 30.8 Å². The first-order chi connectivity index (χ1) is 5.70. The van der Waals surface area contributed by atoms with E-state index in [-0.39, 0.29) is 0 Å². The van der Waals surface area contributed by atoms with E-state index < -0.39 is 0 Å². The molecule has 1 atom stereocenters. The molecular weight excluding hydrogens is 174 g/mol. The number of halogens is 1. The molecule has 1 saturated heterocycles. The molecule has 70 valence electrons. The summed E-state index contributed by atoms with van der Waals surface area (Å²) in [6.07, 6.45) is 1.09. The number of hydrogen-bond donors (Lipinski definition) is 0. The van der Waals surface area contributed by atoms with Gasteiger partial charge >= 0.3 is 0 Å². The summed E-state index contributed by atoms with van der Waals surface area (Å²) in [5, 5.41) is 0.712. The summed E-state index contributed by atoms with van der Waals surface area (Å²) in [6, 6.07) is 0.558. The second-order valence-corrected chi connectivity index (χ2v) is 3.77. The van der Waals surface area contributed by atoms with Crippen LogP contribution in [0, 0.1) is 0 Å². The van der Waals surface area contributed by atoms with Crippen LogP contribution in [0.1, 0.15) is 13.3 Å². The highest BCUT2D eigenvalue weighted by molar-refractivity contribution is 6.29. The van der Waals surface area contributed by atoms with E-state index in [9.17, 15) is 0 Å². The highest BCUT2D eigenvalue weighted by atomic mass is 35.5. The molecule has 0 aromatic heterocycles. The largest absolute Gasteiger partial charge is 0.380 e. The second-order valence-electron chi connectivity index (χ2n) is 3.24. The number of hydrogen-bond acceptors (Lipinski definition) is 2. The van der Waals surface area contributed by atoms with Gasteiger partial charge in [0.25, 0.3) is 0 Å². The average molecular weight is 190 g/mol. The Bertz CT molecular complexity index is 161. The van der Waals surface area contributed by atoms with Crippen molar-refractivity contribution >= 4 is 11.6 Å². The van der Waals surface area contributed by atoms with Crippen molar-refractivity contribution in [1.29, 1.82) is 0 Å². The summed E-state index contributed by atoms with van der Waals surface area (Å²) in [5.41, 5.74) is 0. The fourth-order valence-electron chi connectivity index (χ4n) is 1.40. The molecule has 0 aromatic carbocycles. The molecule has 0 N–H and O–H groups in total. The summed E-state index contributed by atoms with van der Waals surface area (Å²) < 4.78 is 5.36. The minimum atomic E-state index is 0.558. The van der Waals surface area contributed by atoms with Gasteiger partial charge in [0.15, 0.2) is 0 Å². The van der Waals surface area contributed by atoms with E-state index in [0.29, 0.717) is 11.1 Å². The van der Waals surface area contributed by atoms with Crippen LogP contribution in [0.25, 0.3) is 0 Å². The van der Waals surface area contributed by atoms with E-state index in [0.717, 1.165) is 32.7 Å². The quantitative estimate of drug-likeness (QED) is 0.658. The van der Waals surface area contributed by atoms with Crippen LogP contribution in [0.5, 0.6) is 0 Å². The lowest BCUT2D eigenvalue weighted by Crippen LogP contribution is -2.34. The van der Waals surface area contributed by atoms with Crippen LogP contribution in [0.2, 0.25) is 0 Å². The smallest absolute Gasteiger partial charge is 0.0593 e. The van der Waals surface area contributed by atoms with Crippen LogP contribution in [0.15, 0.2) is 11.6 Å². The monoisotopic (exact) mass is 189 g/mol. The van der Waals surface area contributed by atoms with Crippen molar-refractivity contribution in [2.45, 2.75) is 19.4 Å². The predicted molar refractivity (Wildman–Crippen MR) is 51.5 cm³/mol. The van der Waals surface area contributed by atoms with Crippen molar-refractivity contribution in [2.24, 2.45) is 0 Å². The Morgan fingerprint density at radius 2 is 2.42 bits per heavy atom. The van der Waals surface area contributed by atoms with Crippen molar-refractivity contribution in [3.63, 3.8) is 0 Å². The van der Waals surface area contributed by atoms with Crippen molar-refractivity contribution < 1.29 is 4.74 Å². The van der Waals surface area contributed by atoms with Crippen LogP contribution >= 0.6 is 11.6 Å². The number of rotatable bonds is 2. The highest BCUT2D eigenvalue weighted by Gasteiger charge is 2.16. The summed E-state index contributed by atoms with van der Waals surface area (Å²) >= 11 is 5.75. The summed E-state index contributed by atoms with van der Waals surface area (Å²) in [4.78, 5) is 2.31. The van der Waals surface area contributed by atoms with E-state index in [1.807, 2.05) is 0 Å². The standard InChI is InChI=1S/C9H16ClNO/c1-8(10)7-11-4-6-12-5-3-9(11)2/h9H,1,3-7H2,2H3. The molecule has 0 spiro atoms. The van der Waals surface area contributed by atoms with Gasteiger partial charge in [-0.05, 0) is 13.3 Å². The molecule has 2 nitrogen and oxygen atoms in total. The third-order valence-electron chi connectivity index (χ3n) is 2.20. The first-order valence-corrected chi connectivity index (χ1v) is 4.73. The summed E-state index contributed by atoms with van der Waals surface area (Å²) in [7, 11) is 0. The zero-order valence-corrected chi connectivity index (χ0v) is 8.31. The van der Waals surface area contributed by atoms with Gasteiger partial charge in [-0.3, -0.25) is 4.90 Å². The van der Waals surface area contributed by atoms with Crippen LogP contribution in [0.3, 0.4) is 0 Å². The van der Waals surface area contributed by atoms with Gasteiger partial charge in [0.2, 0.25) is 0 Å². The Kier molecular flexibility index (Phi) is 4.06. The maximum atomic E-state index is 5.75. The molecule has 1 fully saturated rings. The zero-order valence-electron chi connectivity index (χ0n) is 7.55. The fourth-order valence-corrected chi connectivity index (χ4v) is 1.55. The average Bonchev–Trinajstić information content (AvgIpc) is 2.16. The molecule has 1 unspecified atom stereocenters. The Hall–Kier alpha value is -0.0500. The molecule has 0 amide bonds. The molecule has 1 aliphatic heterocycles. The van der Waals surface area contributed by atoms with Crippen LogP contribution in [-0.2, 0) is 4.74 Å². The van der Waals surface area contributed by atoms with Crippen molar-refractivity contribution in [2.75, 3.05) is 26.3 Å². The van der Waals surface area contributed by atoms with Gasteiger partial charge in [-0.15, -0.1) is 0 Å². The molecule has 0 bridgehead atoms. The molecule has 0 radical (unpaired) electrons. The second kappa shape index (κ2) is 4.85. The first-order valence-electron chi connectivity index (χ1n) is 4.35. The van der Waals surface area contributed by atoms with Crippen LogP contribution < -0.4 is 0 Å². The molecule has 3 heteroatoms. The molecule has 1 rings (SSSR count). The summed E-state index contributed by atoms with van der Waals surface area (Å²) in [5.74, 6) is 0. The van der Waals surface area contributed by atoms with Gasteiger partial charge in [-0.25, -0.2) is 0 Å². The molecule has 1 heterocycles. The predicted octanol–water partition coefficient (Wildman–Crippen LogP) is 1.85. The lowest BCUT2D eigenvalue weighted by atomic mass is 10.2. The fraction of sp³-hybridized carbons (Fsp3) is 0.778. The van der Waals surface area contributed by atoms with E-state index in [2.05, 4.69) is 18.4 Å². The highest BCUT2D eigenvalue weighted by Crippen LogP contribution is 2.11. The molecule has 0 saturated carbocycles. The van der Waals surface area contributed by atoms with Crippen molar-refractivity contribution in [3.8, 4) is 0 Å². The zero-order chi connectivity index (χ0) is 8.97. The number of nitrogens with zero attached hydrogens (tertiary/aromatic N) is 1. The van der Waals surface area contributed by atoms with Crippen molar-refractivity contribution in [1.82, 2.24) is 4.90 Å². The molecule has 12 heavy (non-hydrogen) atoms. The van der Waals surface area contributed by atoms with E-state index in [1.54, 1.807) is 0 Å². The maximum absolute atomic E-state index is 5.75. The van der Waals surface area contributed by atoms with Gasteiger partial charge in [0.1, 0.15) is 0 Å². The first kappa shape index (κ1) is 10.0. The molecule has 0 aromatic rings. The van der Waals surface area contributed by atoms with E-state index >= 15 is 0 Å². The minimum absolute atomic E-state index is 0.558. The van der Waals surface area contributed by atoms with Gasteiger partial charge in [-0.1, -0.05) is 18.2 Å². The Labute approximate surface area is 79.1 Å². The minimum Gasteiger partial charge on any atom is -0.380 e. The number of ether oxygens (including phenoxy) is 1. The van der Waals surface area contributed by atoms with Crippen molar-refractivity contribution in [3.05, 3.63) is 11.6 Å². The van der Waals surface area contributed by atoms with E-state index in [4.69, 9.17) is 16.3 Å². The third-order valence-corrected chi connectivity index (χ3v) is 2.32. The Morgan fingerprint density at radius 3 is 3.08 bits per heavy atom. The van der Waals surface area contributed by atoms with Gasteiger partial charge < -0.3 is 4.74 Å². The van der Waals surface area contributed by atoms with E-state index in [1.165, 1.54) is 0 Å². The lowest BCUT2D eigenvalue weighted by molar-refractivity contribution is 0.142. The molecular formula is C9H16ClNO. The topological polar surface area (TPSA) is 12.5 Å². The summed E-state index contributed by atoms with van der Waals surface area (Å²) in [6.45, 7) is 9.33. The SMILES string of the molecule is C=C(Cl)CN1CCOCCC1C. The normalized spacial score (nSPS) is 26.7. The van der Waals surface area contributed by atoms with Gasteiger partial charge in [-0.2, -0.15) is 0 Å². The maximum Gasteiger partial charge on any atom is 0.0593 e. The molecule has 1 aliphatic rings. The van der Waals surface area contributed by atoms with Crippen LogP contribution in [0.4, 0.5) is 0 Å². The van der Waals surface area contributed by atoms with Crippen LogP contribution in [-0.4, -0.2) is 37.2 Å². The Balaban J connectivity index is 2.41. The van der Waals surface area contributed by atoms with Gasteiger partial charge in [0.05, 0.1) is 6.61 Å². The Morgan fingerprint density at radius 1 is 1.67 bits per heavy atom.